The summed E-state index contributed by atoms with van der Waals surface area (Å²) in [6, 6.07) is 20.5. The minimum absolute atomic E-state index is 0.105. The number of nitrogens with one attached hydrogen (secondary N) is 2. The number of ether oxygens (including phenoxy) is 1. The average Bonchev–Trinajstić information content (AvgIpc) is 2.74. The highest BCUT2D eigenvalue weighted by Crippen LogP contribution is 2.22. The molecule has 162 valence electrons. The van der Waals surface area contributed by atoms with Gasteiger partial charge in [-0.3, -0.25) is 9.52 Å². The van der Waals surface area contributed by atoms with Crippen molar-refractivity contribution in [2.24, 2.45) is 0 Å². The van der Waals surface area contributed by atoms with Crippen LogP contribution in [0, 0.1) is 13.8 Å². The Hall–Kier alpha value is -3.32. The molecule has 0 unspecified atom stereocenters. The summed E-state index contributed by atoms with van der Waals surface area (Å²) < 4.78 is 33.5. The van der Waals surface area contributed by atoms with E-state index in [2.05, 4.69) is 10.0 Å². The fourth-order valence-corrected chi connectivity index (χ4v) is 4.13. The molecule has 7 heteroatoms. The molecular weight excluding hydrogens is 412 g/mol. The lowest BCUT2D eigenvalue weighted by molar-refractivity contribution is -0.122. The number of benzene rings is 3. The molecule has 0 heterocycles. The van der Waals surface area contributed by atoms with Crippen LogP contribution in [0.1, 0.15) is 24.5 Å². The lowest BCUT2D eigenvalue weighted by Crippen LogP contribution is -2.32. The van der Waals surface area contributed by atoms with E-state index in [1.54, 1.807) is 36.4 Å². The van der Waals surface area contributed by atoms with Gasteiger partial charge in [0.25, 0.3) is 15.9 Å². The summed E-state index contributed by atoms with van der Waals surface area (Å²) in [6.07, 6.45) is -0.170. The van der Waals surface area contributed by atoms with E-state index in [-0.39, 0.29) is 10.8 Å². The van der Waals surface area contributed by atoms with Gasteiger partial charge in [0.2, 0.25) is 0 Å². The number of amides is 1. The number of hydrogen-bond acceptors (Lipinski definition) is 4. The Bertz CT molecular complexity index is 1140. The number of para-hydroxylation sites is 1. The molecule has 0 aromatic heterocycles. The number of rotatable bonds is 8. The molecule has 3 aromatic carbocycles. The Morgan fingerprint density at radius 2 is 1.61 bits per heavy atom. The van der Waals surface area contributed by atoms with Crippen LogP contribution in [0.25, 0.3) is 0 Å². The summed E-state index contributed by atoms with van der Waals surface area (Å²) in [7, 11) is -3.72. The van der Waals surface area contributed by atoms with Gasteiger partial charge in [0.1, 0.15) is 5.75 Å². The van der Waals surface area contributed by atoms with E-state index in [0.717, 1.165) is 11.1 Å². The molecule has 0 saturated heterocycles. The topological polar surface area (TPSA) is 84.5 Å². The molecule has 6 nitrogen and oxygen atoms in total. The molecule has 0 aliphatic heterocycles. The number of aryl methyl sites for hydroxylation is 2. The van der Waals surface area contributed by atoms with Gasteiger partial charge >= 0.3 is 0 Å². The van der Waals surface area contributed by atoms with Crippen LogP contribution in [0.4, 0.5) is 11.4 Å². The highest BCUT2D eigenvalue weighted by molar-refractivity contribution is 7.92. The van der Waals surface area contributed by atoms with Crippen molar-refractivity contribution in [2.45, 2.75) is 38.2 Å². The molecule has 3 rings (SSSR count). The smallest absolute Gasteiger partial charge is 0.265 e. The fourth-order valence-electron chi connectivity index (χ4n) is 3.07. The highest BCUT2D eigenvalue weighted by Gasteiger charge is 2.20. The fraction of sp³-hybridized carbons (Fsp3) is 0.208. The predicted molar refractivity (Wildman–Crippen MR) is 123 cm³/mol. The Morgan fingerprint density at radius 1 is 0.935 bits per heavy atom. The Balaban J connectivity index is 1.67. The lowest BCUT2D eigenvalue weighted by Gasteiger charge is -2.19. The maximum Gasteiger partial charge on any atom is 0.265 e. The summed E-state index contributed by atoms with van der Waals surface area (Å²) in [5, 5.41) is 2.79. The van der Waals surface area contributed by atoms with Gasteiger partial charge in [-0.2, -0.15) is 0 Å². The van der Waals surface area contributed by atoms with Gasteiger partial charge in [0, 0.05) is 11.4 Å². The first-order chi connectivity index (χ1) is 14.8. The minimum Gasteiger partial charge on any atom is -0.480 e. The number of carbonyl (C=O) groups is 1. The maximum absolute atomic E-state index is 12.7. The van der Waals surface area contributed by atoms with Crippen molar-refractivity contribution in [1.29, 1.82) is 0 Å². The summed E-state index contributed by atoms with van der Waals surface area (Å²) in [5.74, 6) is 0.376. The minimum atomic E-state index is -3.72. The second-order valence-corrected chi connectivity index (χ2v) is 8.95. The average molecular weight is 439 g/mol. The van der Waals surface area contributed by atoms with Crippen molar-refractivity contribution in [3.05, 3.63) is 83.9 Å². The van der Waals surface area contributed by atoms with Crippen LogP contribution in [0.3, 0.4) is 0 Å². The van der Waals surface area contributed by atoms with Crippen LogP contribution in [0.2, 0.25) is 0 Å². The highest BCUT2D eigenvalue weighted by atomic mass is 32.2. The standard InChI is InChI=1S/C24H26N2O4S/c1-4-22(30-23-15-10-17(2)16-18(23)3)24(27)25-19-11-13-21(14-12-19)31(28,29)26-20-8-6-5-7-9-20/h5-16,22,26H,4H2,1-3H3,(H,25,27)/t22-/m1/s1. The molecule has 0 spiro atoms. The van der Waals surface area contributed by atoms with Crippen LogP contribution in [0.15, 0.2) is 77.7 Å². The maximum atomic E-state index is 12.7. The first-order valence-corrected chi connectivity index (χ1v) is 11.5. The van der Waals surface area contributed by atoms with E-state index in [4.69, 9.17) is 4.74 Å². The van der Waals surface area contributed by atoms with E-state index in [1.807, 2.05) is 45.0 Å². The summed E-state index contributed by atoms with van der Waals surface area (Å²) >= 11 is 0. The number of hydrogen-bond donors (Lipinski definition) is 2. The molecule has 1 atom stereocenters. The summed E-state index contributed by atoms with van der Waals surface area (Å²) in [4.78, 5) is 12.8. The largest absolute Gasteiger partial charge is 0.480 e. The van der Waals surface area contributed by atoms with E-state index < -0.39 is 16.1 Å². The molecule has 2 N–H and O–H groups in total. The molecule has 0 radical (unpaired) electrons. The van der Waals surface area contributed by atoms with Gasteiger partial charge in [-0.1, -0.05) is 42.8 Å². The zero-order valence-corrected chi connectivity index (χ0v) is 18.6. The van der Waals surface area contributed by atoms with Crippen molar-refractivity contribution in [1.82, 2.24) is 0 Å². The van der Waals surface area contributed by atoms with Gasteiger partial charge in [-0.05, 0) is 68.3 Å². The van der Waals surface area contributed by atoms with Gasteiger partial charge in [-0.15, -0.1) is 0 Å². The number of anilines is 2. The van der Waals surface area contributed by atoms with Gasteiger partial charge in [-0.25, -0.2) is 8.42 Å². The zero-order valence-electron chi connectivity index (χ0n) is 17.8. The van der Waals surface area contributed by atoms with Crippen molar-refractivity contribution >= 4 is 27.3 Å². The van der Waals surface area contributed by atoms with Crippen molar-refractivity contribution < 1.29 is 17.9 Å². The molecule has 1 amide bonds. The lowest BCUT2D eigenvalue weighted by atomic mass is 10.1. The molecule has 3 aromatic rings. The van der Waals surface area contributed by atoms with E-state index >= 15 is 0 Å². The van der Waals surface area contributed by atoms with E-state index in [1.165, 1.54) is 12.1 Å². The Morgan fingerprint density at radius 3 is 2.23 bits per heavy atom. The van der Waals surface area contributed by atoms with Crippen LogP contribution < -0.4 is 14.8 Å². The first kappa shape index (κ1) is 22.4. The molecule has 31 heavy (non-hydrogen) atoms. The van der Waals surface area contributed by atoms with Crippen LogP contribution in [-0.4, -0.2) is 20.4 Å². The van der Waals surface area contributed by atoms with Crippen LogP contribution >= 0.6 is 0 Å². The zero-order chi connectivity index (χ0) is 22.4. The van der Waals surface area contributed by atoms with E-state index in [0.29, 0.717) is 23.5 Å². The quantitative estimate of drug-likeness (QED) is 0.524. The number of sulfonamides is 1. The van der Waals surface area contributed by atoms with Gasteiger partial charge in [0.15, 0.2) is 6.10 Å². The predicted octanol–water partition coefficient (Wildman–Crippen LogP) is 4.90. The Kier molecular flexibility index (Phi) is 6.97. The summed E-state index contributed by atoms with van der Waals surface area (Å²) in [6.45, 7) is 5.81. The second kappa shape index (κ2) is 9.66. The SMILES string of the molecule is CC[C@@H](Oc1ccc(C)cc1C)C(=O)Nc1ccc(S(=O)(=O)Nc2ccccc2)cc1. The molecule has 0 aliphatic rings. The molecule has 0 fully saturated rings. The van der Waals surface area contributed by atoms with Crippen molar-refractivity contribution in [2.75, 3.05) is 10.0 Å². The third kappa shape index (κ3) is 5.86. The molecule has 0 saturated carbocycles. The summed E-state index contributed by atoms with van der Waals surface area (Å²) in [5.41, 5.74) is 3.06. The molecule has 0 bridgehead atoms. The van der Waals surface area contributed by atoms with Crippen molar-refractivity contribution in [3.8, 4) is 5.75 Å². The Labute approximate surface area is 183 Å². The van der Waals surface area contributed by atoms with Crippen LogP contribution in [0.5, 0.6) is 5.75 Å². The second-order valence-electron chi connectivity index (χ2n) is 7.27. The van der Waals surface area contributed by atoms with Crippen LogP contribution in [-0.2, 0) is 14.8 Å². The van der Waals surface area contributed by atoms with Crippen molar-refractivity contribution in [3.63, 3.8) is 0 Å². The normalized spacial score (nSPS) is 12.1. The third-order valence-corrected chi connectivity index (χ3v) is 6.12. The molecule has 0 aliphatic carbocycles. The van der Waals surface area contributed by atoms with Gasteiger partial charge in [0.05, 0.1) is 4.90 Å². The number of carbonyl (C=O) groups excluding carboxylic acids is 1. The monoisotopic (exact) mass is 438 g/mol. The third-order valence-electron chi connectivity index (χ3n) is 4.72. The molecular formula is C24H26N2O4S. The van der Waals surface area contributed by atoms with E-state index in [9.17, 15) is 13.2 Å². The van der Waals surface area contributed by atoms with Gasteiger partial charge < -0.3 is 10.1 Å². The first-order valence-electron chi connectivity index (χ1n) is 10.0.